The van der Waals surface area contributed by atoms with Gasteiger partial charge < -0.3 is 15.2 Å². The van der Waals surface area contributed by atoms with Crippen molar-refractivity contribution in [3.05, 3.63) is 0 Å². The highest BCUT2D eigenvalue weighted by molar-refractivity contribution is 4.78. The van der Waals surface area contributed by atoms with Gasteiger partial charge in [0.15, 0.2) is 0 Å². The van der Waals surface area contributed by atoms with Gasteiger partial charge in [0, 0.05) is 12.1 Å². The quantitative estimate of drug-likeness (QED) is 0.704. The van der Waals surface area contributed by atoms with Crippen LogP contribution in [0.25, 0.3) is 0 Å². The van der Waals surface area contributed by atoms with E-state index in [-0.39, 0.29) is 6.61 Å². The fourth-order valence-corrected chi connectivity index (χ4v) is 2.09. The Labute approximate surface area is 86.8 Å². The summed E-state index contributed by atoms with van der Waals surface area (Å²) >= 11 is 0. The monoisotopic (exact) mass is 201 g/mol. The van der Waals surface area contributed by atoms with E-state index in [0.717, 1.165) is 12.8 Å². The number of hydrogen-bond donors (Lipinski definition) is 2. The van der Waals surface area contributed by atoms with Gasteiger partial charge in [0.1, 0.15) is 0 Å². The van der Waals surface area contributed by atoms with Gasteiger partial charge in [0.2, 0.25) is 0 Å². The molecule has 3 heteroatoms. The van der Waals surface area contributed by atoms with Crippen molar-refractivity contribution in [2.24, 2.45) is 0 Å². The van der Waals surface area contributed by atoms with Gasteiger partial charge in [0.25, 0.3) is 0 Å². The van der Waals surface area contributed by atoms with Gasteiger partial charge in [-0.05, 0) is 25.7 Å². The zero-order valence-electron chi connectivity index (χ0n) is 9.33. The topological polar surface area (TPSA) is 41.5 Å². The van der Waals surface area contributed by atoms with Crippen LogP contribution < -0.4 is 5.32 Å². The lowest BCUT2D eigenvalue weighted by atomic mass is 9.92. The predicted molar refractivity (Wildman–Crippen MR) is 57.4 cm³/mol. The fraction of sp³-hybridized carbons (Fsp3) is 1.00. The second-order valence-electron chi connectivity index (χ2n) is 4.39. The molecule has 0 atom stereocenters. The third-order valence-corrected chi connectivity index (χ3v) is 2.69. The van der Waals surface area contributed by atoms with Crippen LogP contribution in [0.4, 0.5) is 0 Å². The molecule has 0 aromatic rings. The van der Waals surface area contributed by atoms with E-state index in [1.807, 2.05) is 0 Å². The second-order valence-corrected chi connectivity index (χ2v) is 4.39. The molecule has 1 aliphatic carbocycles. The maximum Gasteiger partial charge on any atom is 0.0701 e. The predicted octanol–water partition coefficient (Wildman–Crippen LogP) is 1.30. The molecule has 0 aliphatic heterocycles. The number of aliphatic hydroxyl groups excluding tert-OH is 1. The summed E-state index contributed by atoms with van der Waals surface area (Å²) in [6.45, 7) is 5.01. The van der Waals surface area contributed by atoms with Gasteiger partial charge in [-0.1, -0.05) is 13.8 Å². The molecule has 1 saturated carbocycles. The maximum absolute atomic E-state index is 8.63. The van der Waals surface area contributed by atoms with Gasteiger partial charge in [0.05, 0.1) is 19.3 Å². The average molecular weight is 201 g/mol. The van der Waals surface area contributed by atoms with E-state index < -0.39 is 0 Å². The Kier molecular flexibility index (Phi) is 5.45. The Morgan fingerprint density at radius 3 is 2.43 bits per heavy atom. The van der Waals surface area contributed by atoms with E-state index in [9.17, 15) is 0 Å². The summed E-state index contributed by atoms with van der Waals surface area (Å²) in [4.78, 5) is 0. The molecule has 1 rings (SSSR count). The first-order valence-electron chi connectivity index (χ1n) is 5.71. The van der Waals surface area contributed by atoms with Gasteiger partial charge in [-0.25, -0.2) is 0 Å². The first-order valence-corrected chi connectivity index (χ1v) is 5.71. The molecule has 0 aromatic heterocycles. The first-order chi connectivity index (χ1) is 6.72. The lowest BCUT2D eigenvalue weighted by Crippen LogP contribution is -2.39. The standard InChI is InChI=1S/C11H23NO2/c1-9(2)12-10-3-5-11(6-4-10)14-8-7-13/h9-13H,3-8H2,1-2H3/t10-,11+. The highest BCUT2D eigenvalue weighted by Gasteiger charge is 2.21. The smallest absolute Gasteiger partial charge is 0.0701 e. The zero-order valence-corrected chi connectivity index (χ0v) is 9.33. The van der Waals surface area contributed by atoms with Crippen molar-refractivity contribution in [2.45, 2.75) is 57.7 Å². The fourth-order valence-electron chi connectivity index (χ4n) is 2.09. The van der Waals surface area contributed by atoms with Crippen molar-refractivity contribution < 1.29 is 9.84 Å². The summed E-state index contributed by atoms with van der Waals surface area (Å²) in [5.41, 5.74) is 0. The highest BCUT2D eigenvalue weighted by atomic mass is 16.5. The molecule has 0 aromatic carbocycles. The van der Waals surface area contributed by atoms with Crippen LogP contribution in [0.5, 0.6) is 0 Å². The molecule has 14 heavy (non-hydrogen) atoms. The van der Waals surface area contributed by atoms with E-state index in [0.29, 0.717) is 24.8 Å². The minimum Gasteiger partial charge on any atom is -0.394 e. The van der Waals surface area contributed by atoms with Crippen LogP contribution in [-0.2, 0) is 4.74 Å². The molecule has 0 unspecified atom stereocenters. The normalized spacial score (nSPS) is 28.3. The number of hydrogen-bond acceptors (Lipinski definition) is 3. The van der Waals surface area contributed by atoms with Gasteiger partial charge in [-0.2, -0.15) is 0 Å². The minimum absolute atomic E-state index is 0.143. The summed E-state index contributed by atoms with van der Waals surface area (Å²) in [6, 6.07) is 1.25. The van der Waals surface area contributed by atoms with E-state index in [1.165, 1.54) is 12.8 Å². The number of ether oxygens (including phenoxy) is 1. The number of rotatable bonds is 5. The van der Waals surface area contributed by atoms with Gasteiger partial charge in [-0.15, -0.1) is 0 Å². The molecule has 0 spiro atoms. The lowest BCUT2D eigenvalue weighted by Gasteiger charge is -2.30. The molecular formula is C11H23NO2. The number of aliphatic hydroxyl groups is 1. The van der Waals surface area contributed by atoms with Crippen LogP contribution in [0.1, 0.15) is 39.5 Å². The molecule has 1 aliphatic rings. The van der Waals surface area contributed by atoms with Crippen molar-refractivity contribution in [3.63, 3.8) is 0 Å². The van der Waals surface area contributed by atoms with E-state index in [4.69, 9.17) is 9.84 Å². The average Bonchev–Trinajstić information content (AvgIpc) is 2.16. The van der Waals surface area contributed by atoms with Crippen LogP contribution in [0.3, 0.4) is 0 Å². The van der Waals surface area contributed by atoms with Crippen LogP contribution >= 0.6 is 0 Å². The summed E-state index contributed by atoms with van der Waals surface area (Å²) in [6.07, 6.45) is 5.05. The number of nitrogens with one attached hydrogen (secondary N) is 1. The lowest BCUT2D eigenvalue weighted by molar-refractivity contribution is 0.00369. The Balaban J connectivity index is 2.11. The Hall–Kier alpha value is -0.120. The maximum atomic E-state index is 8.63. The second kappa shape index (κ2) is 6.38. The summed E-state index contributed by atoms with van der Waals surface area (Å²) in [5.74, 6) is 0. The van der Waals surface area contributed by atoms with E-state index in [2.05, 4.69) is 19.2 Å². The van der Waals surface area contributed by atoms with Crippen molar-refractivity contribution in [1.82, 2.24) is 5.32 Å². The Morgan fingerprint density at radius 1 is 1.29 bits per heavy atom. The molecule has 3 nitrogen and oxygen atoms in total. The third kappa shape index (κ3) is 4.40. The molecule has 1 fully saturated rings. The van der Waals surface area contributed by atoms with E-state index >= 15 is 0 Å². The van der Waals surface area contributed by atoms with Crippen LogP contribution in [0, 0.1) is 0 Å². The SMILES string of the molecule is CC(C)N[C@H]1CC[C@@H](OCCO)CC1. The summed E-state index contributed by atoms with van der Waals surface area (Å²) in [7, 11) is 0. The molecule has 0 heterocycles. The zero-order chi connectivity index (χ0) is 10.4. The van der Waals surface area contributed by atoms with Crippen LogP contribution in [0.15, 0.2) is 0 Å². The highest BCUT2D eigenvalue weighted by Crippen LogP contribution is 2.21. The Morgan fingerprint density at radius 2 is 1.93 bits per heavy atom. The largest absolute Gasteiger partial charge is 0.394 e. The minimum atomic E-state index is 0.143. The molecule has 0 saturated heterocycles. The summed E-state index contributed by atoms with van der Waals surface area (Å²) in [5, 5.41) is 12.2. The Bertz CT molecular complexity index is 142. The molecule has 0 radical (unpaired) electrons. The van der Waals surface area contributed by atoms with Crippen molar-refractivity contribution in [1.29, 1.82) is 0 Å². The van der Waals surface area contributed by atoms with Gasteiger partial charge >= 0.3 is 0 Å². The van der Waals surface area contributed by atoms with Crippen molar-refractivity contribution in [3.8, 4) is 0 Å². The van der Waals surface area contributed by atoms with Crippen LogP contribution in [-0.4, -0.2) is 36.5 Å². The summed E-state index contributed by atoms with van der Waals surface area (Å²) < 4.78 is 5.51. The van der Waals surface area contributed by atoms with E-state index in [1.54, 1.807) is 0 Å². The van der Waals surface area contributed by atoms with Crippen molar-refractivity contribution >= 4 is 0 Å². The van der Waals surface area contributed by atoms with Crippen LogP contribution in [0.2, 0.25) is 0 Å². The molecule has 84 valence electrons. The first kappa shape index (κ1) is 12.0. The third-order valence-electron chi connectivity index (χ3n) is 2.69. The molecule has 0 amide bonds. The van der Waals surface area contributed by atoms with Gasteiger partial charge in [-0.3, -0.25) is 0 Å². The molecule has 0 bridgehead atoms. The molecular weight excluding hydrogens is 178 g/mol. The molecule has 2 N–H and O–H groups in total. The van der Waals surface area contributed by atoms with Crippen molar-refractivity contribution in [2.75, 3.05) is 13.2 Å².